The molecule has 1 N–H and O–H groups in total. The van der Waals surface area contributed by atoms with E-state index in [-0.39, 0.29) is 21.1 Å². The second kappa shape index (κ2) is 6.62. The lowest BCUT2D eigenvalue weighted by Gasteiger charge is -2.09. The summed E-state index contributed by atoms with van der Waals surface area (Å²) in [6.45, 7) is 5.79. The van der Waals surface area contributed by atoms with E-state index in [0.717, 1.165) is 23.3 Å². The molecule has 0 saturated carbocycles. The third-order valence-electron chi connectivity index (χ3n) is 3.39. The van der Waals surface area contributed by atoms with Crippen molar-refractivity contribution < 1.29 is 13.2 Å². The fraction of sp³-hybridized carbons (Fsp3) is 0.312. The van der Waals surface area contributed by atoms with Gasteiger partial charge >= 0.3 is 0 Å². The molecule has 0 aliphatic heterocycles. The van der Waals surface area contributed by atoms with Crippen LogP contribution in [0.1, 0.15) is 35.5 Å². The Morgan fingerprint density at radius 2 is 1.82 bits per heavy atom. The van der Waals surface area contributed by atoms with Crippen LogP contribution in [-0.4, -0.2) is 20.4 Å². The van der Waals surface area contributed by atoms with Gasteiger partial charge < -0.3 is 5.32 Å². The Morgan fingerprint density at radius 3 is 2.41 bits per heavy atom. The highest BCUT2D eigenvalue weighted by atomic mass is 32.2. The molecule has 2 aromatic rings. The molecule has 0 bridgehead atoms. The summed E-state index contributed by atoms with van der Waals surface area (Å²) in [6.07, 6.45) is 0.825. The Bertz CT molecular complexity index is 761. The minimum Gasteiger partial charge on any atom is -0.349 e. The van der Waals surface area contributed by atoms with Gasteiger partial charge in [0.2, 0.25) is 9.84 Å². The average Bonchev–Trinajstić information content (AvgIpc) is 2.98. The lowest BCUT2D eigenvalue weighted by molar-refractivity contribution is 0.0943. The van der Waals surface area contributed by atoms with Gasteiger partial charge in [0.25, 0.3) is 5.91 Å². The Balaban J connectivity index is 2.27. The normalized spacial score (nSPS) is 12.9. The van der Waals surface area contributed by atoms with Gasteiger partial charge in [-0.25, -0.2) is 8.42 Å². The van der Waals surface area contributed by atoms with Crippen molar-refractivity contribution in [3.8, 4) is 0 Å². The summed E-state index contributed by atoms with van der Waals surface area (Å²) < 4.78 is 25.3. The monoisotopic (exact) mass is 337 g/mol. The number of hydrogen-bond acceptors (Lipinski definition) is 4. The maximum absolute atomic E-state index is 12.5. The molecule has 6 heteroatoms. The molecule has 0 unspecified atom stereocenters. The molecule has 0 fully saturated rings. The third-order valence-corrected chi connectivity index (χ3v) is 6.74. The summed E-state index contributed by atoms with van der Waals surface area (Å²) in [7, 11) is -3.56. The Kier molecular flexibility index (Phi) is 5.03. The van der Waals surface area contributed by atoms with Crippen LogP contribution in [0.15, 0.2) is 45.5 Å². The fourth-order valence-corrected chi connectivity index (χ4v) is 4.43. The number of sulfone groups is 1. The largest absolute Gasteiger partial charge is 0.349 e. The van der Waals surface area contributed by atoms with E-state index in [4.69, 9.17) is 0 Å². The summed E-state index contributed by atoms with van der Waals surface area (Å²) in [4.78, 5) is 12.7. The van der Waals surface area contributed by atoms with Crippen LogP contribution in [0.2, 0.25) is 0 Å². The zero-order valence-corrected chi connectivity index (χ0v) is 14.4. The molecule has 0 spiro atoms. The predicted octanol–water partition coefficient (Wildman–Crippen LogP) is 3.42. The van der Waals surface area contributed by atoms with E-state index >= 15 is 0 Å². The molecule has 0 radical (unpaired) electrons. The average molecular weight is 337 g/mol. The molecule has 1 aromatic heterocycles. The zero-order chi connectivity index (χ0) is 16.3. The molecule has 1 aromatic carbocycles. The lowest BCUT2D eigenvalue weighted by atomic mass is 10.2. The van der Waals surface area contributed by atoms with E-state index in [1.165, 1.54) is 6.07 Å². The van der Waals surface area contributed by atoms with E-state index in [2.05, 4.69) is 5.32 Å². The van der Waals surface area contributed by atoms with Crippen molar-refractivity contribution in [2.75, 3.05) is 0 Å². The fourth-order valence-electron chi connectivity index (χ4n) is 1.82. The van der Waals surface area contributed by atoms with Gasteiger partial charge in [-0.05, 0) is 44.5 Å². The number of rotatable bonds is 5. The first-order valence-corrected chi connectivity index (χ1v) is 9.37. The third kappa shape index (κ3) is 3.56. The first-order chi connectivity index (χ1) is 10.3. The second-order valence-electron chi connectivity index (χ2n) is 5.22. The van der Waals surface area contributed by atoms with Gasteiger partial charge in [-0.3, -0.25) is 4.79 Å². The molecule has 22 heavy (non-hydrogen) atoms. The van der Waals surface area contributed by atoms with Crippen molar-refractivity contribution in [2.24, 2.45) is 0 Å². The standard InChI is InChI=1S/C16H19NO3S2/c1-4-12(3)17-16(18)14-9-10-15(21-14)22(19,20)13-7-5-11(2)6-8-13/h5-10,12H,4H2,1-3H3,(H,17,18)/t12-/m0/s1. The van der Waals surface area contributed by atoms with Crippen molar-refractivity contribution >= 4 is 27.1 Å². The predicted molar refractivity (Wildman–Crippen MR) is 88.2 cm³/mol. The van der Waals surface area contributed by atoms with Gasteiger partial charge in [0.15, 0.2) is 0 Å². The molecule has 0 aliphatic carbocycles. The van der Waals surface area contributed by atoms with E-state index < -0.39 is 9.84 Å². The minimum atomic E-state index is -3.56. The highest BCUT2D eigenvalue weighted by Gasteiger charge is 2.21. The number of aryl methyl sites for hydroxylation is 1. The molecular formula is C16H19NO3S2. The maximum atomic E-state index is 12.5. The van der Waals surface area contributed by atoms with Crippen LogP contribution >= 0.6 is 11.3 Å². The number of amides is 1. The van der Waals surface area contributed by atoms with Gasteiger partial charge in [-0.2, -0.15) is 0 Å². The van der Waals surface area contributed by atoms with Gasteiger partial charge in [0.1, 0.15) is 4.21 Å². The lowest BCUT2D eigenvalue weighted by Crippen LogP contribution is -2.31. The van der Waals surface area contributed by atoms with E-state index in [1.54, 1.807) is 30.3 Å². The molecular weight excluding hydrogens is 318 g/mol. The highest BCUT2D eigenvalue weighted by molar-refractivity contribution is 7.93. The number of benzene rings is 1. The van der Waals surface area contributed by atoms with Crippen molar-refractivity contribution in [3.05, 3.63) is 46.8 Å². The molecule has 0 saturated heterocycles. The number of nitrogens with one attached hydrogen (secondary N) is 1. The Hall–Kier alpha value is -1.66. The Labute approximate surface area is 135 Å². The molecule has 4 nitrogen and oxygen atoms in total. The minimum absolute atomic E-state index is 0.0618. The van der Waals surface area contributed by atoms with Gasteiger partial charge in [-0.1, -0.05) is 24.6 Å². The molecule has 2 rings (SSSR count). The van der Waals surface area contributed by atoms with Crippen molar-refractivity contribution in [2.45, 2.75) is 42.3 Å². The highest BCUT2D eigenvalue weighted by Crippen LogP contribution is 2.28. The van der Waals surface area contributed by atoms with Crippen molar-refractivity contribution in [1.82, 2.24) is 5.32 Å². The van der Waals surface area contributed by atoms with Crippen LogP contribution < -0.4 is 5.32 Å². The summed E-state index contributed by atoms with van der Waals surface area (Å²) in [5.41, 5.74) is 0.999. The smallest absolute Gasteiger partial charge is 0.261 e. The molecule has 1 atom stereocenters. The van der Waals surface area contributed by atoms with E-state index in [0.29, 0.717) is 4.88 Å². The second-order valence-corrected chi connectivity index (χ2v) is 8.48. The first-order valence-electron chi connectivity index (χ1n) is 7.07. The number of thiophene rings is 1. The van der Waals surface area contributed by atoms with Gasteiger partial charge in [-0.15, -0.1) is 11.3 Å². The van der Waals surface area contributed by atoms with Gasteiger partial charge in [0.05, 0.1) is 9.77 Å². The summed E-state index contributed by atoms with van der Waals surface area (Å²) in [5.74, 6) is -0.232. The Morgan fingerprint density at radius 1 is 1.18 bits per heavy atom. The summed E-state index contributed by atoms with van der Waals surface area (Å²) >= 11 is 0.999. The number of carbonyl (C=O) groups excluding carboxylic acids is 1. The topological polar surface area (TPSA) is 63.2 Å². The van der Waals surface area contributed by atoms with Gasteiger partial charge in [0, 0.05) is 6.04 Å². The van der Waals surface area contributed by atoms with Crippen molar-refractivity contribution in [3.63, 3.8) is 0 Å². The van der Waals surface area contributed by atoms with Crippen molar-refractivity contribution in [1.29, 1.82) is 0 Å². The molecule has 0 aliphatic rings. The first kappa shape index (κ1) is 16.7. The van der Waals surface area contributed by atoms with Crippen LogP contribution in [0.4, 0.5) is 0 Å². The molecule has 1 heterocycles. The van der Waals surface area contributed by atoms with Crippen LogP contribution in [0.3, 0.4) is 0 Å². The number of hydrogen-bond donors (Lipinski definition) is 1. The molecule has 1 amide bonds. The SMILES string of the molecule is CC[C@H](C)NC(=O)c1ccc(S(=O)(=O)c2ccc(C)cc2)s1. The van der Waals surface area contributed by atoms with E-state index in [1.807, 2.05) is 20.8 Å². The van der Waals surface area contributed by atoms with Crippen LogP contribution in [0, 0.1) is 6.92 Å². The summed E-state index contributed by atoms with van der Waals surface area (Å²) in [5, 5.41) is 2.83. The van der Waals surface area contributed by atoms with Crippen LogP contribution in [0.5, 0.6) is 0 Å². The van der Waals surface area contributed by atoms with Crippen LogP contribution in [0.25, 0.3) is 0 Å². The van der Waals surface area contributed by atoms with E-state index in [9.17, 15) is 13.2 Å². The maximum Gasteiger partial charge on any atom is 0.261 e. The zero-order valence-electron chi connectivity index (χ0n) is 12.8. The number of carbonyl (C=O) groups is 1. The molecule has 118 valence electrons. The van der Waals surface area contributed by atoms with Crippen LogP contribution in [-0.2, 0) is 9.84 Å². The quantitative estimate of drug-likeness (QED) is 0.909. The summed E-state index contributed by atoms with van der Waals surface area (Å²) in [6, 6.07) is 9.81.